The second kappa shape index (κ2) is 5.37. The number of carbonyl (C=O) groups is 1. The smallest absolute Gasteiger partial charge is 0.261 e. The summed E-state index contributed by atoms with van der Waals surface area (Å²) in [5.74, 6) is -0.957. The van der Waals surface area contributed by atoms with E-state index < -0.39 is 5.82 Å². The van der Waals surface area contributed by atoms with Crippen molar-refractivity contribution in [3.05, 3.63) is 58.4 Å². The molecule has 1 amide bonds. The summed E-state index contributed by atoms with van der Waals surface area (Å²) in [4.78, 5) is 14.2. The molecule has 2 aromatic rings. The largest absolute Gasteiger partial charge is 0.398 e. The Bertz CT molecular complexity index is 717. The topological polar surface area (TPSA) is 46.3 Å². The van der Waals surface area contributed by atoms with Gasteiger partial charge in [0.05, 0.1) is 5.56 Å². The van der Waals surface area contributed by atoms with E-state index in [1.165, 1.54) is 18.2 Å². The van der Waals surface area contributed by atoms with Crippen LogP contribution in [0.15, 0.2) is 36.4 Å². The Morgan fingerprint density at radius 3 is 2.90 bits per heavy atom. The van der Waals surface area contributed by atoms with Crippen LogP contribution in [0.25, 0.3) is 0 Å². The van der Waals surface area contributed by atoms with Gasteiger partial charge in [0.15, 0.2) is 0 Å². The summed E-state index contributed by atoms with van der Waals surface area (Å²) in [6.07, 6.45) is 1.62. The van der Waals surface area contributed by atoms with Crippen LogP contribution in [0.3, 0.4) is 0 Å². The van der Waals surface area contributed by atoms with Gasteiger partial charge >= 0.3 is 0 Å². The molecule has 0 aromatic heterocycles. The maximum absolute atomic E-state index is 13.9. The van der Waals surface area contributed by atoms with Crippen LogP contribution in [0.4, 0.5) is 15.8 Å². The van der Waals surface area contributed by atoms with Crippen LogP contribution in [0.5, 0.6) is 0 Å². The van der Waals surface area contributed by atoms with Gasteiger partial charge in [0.1, 0.15) is 5.82 Å². The number of fused-ring (bicyclic) bond motifs is 1. The molecule has 0 aliphatic carbocycles. The maximum Gasteiger partial charge on any atom is 0.261 e. The van der Waals surface area contributed by atoms with E-state index in [1.807, 2.05) is 12.1 Å². The minimum Gasteiger partial charge on any atom is -0.398 e. The number of hydrogen-bond donors (Lipinski definition) is 1. The Labute approximate surface area is 127 Å². The van der Waals surface area contributed by atoms with Gasteiger partial charge in [0.25, 0.3) is 5.91 Å². The van der Waals surface area contributed by atoms with E-state index in [0.717, 1.165) is 24.1 Å². The van der Waals surface area contributed by atoms with E-state index in [4.69, 9.17) is 17.3 Å². The van der Waals surface area contributed by atoms with Crippen molar-refractivity contribution in [2.24, 2.45) is 0 Å². The summed E-state index contributed by atoms with van der Waals surface area (Å²) in [6.45, 7) is 0.543. The molecule has 0 spiro atoms. The molecule has 1 aliphatic heterocycles. The van der Waals surface area contributed by atoms with Crippen molar-refractivity contribution in [2.75, 3.05) is 17.2 Å². The Morgan fingerprint density at radius 1 is 1.29 bits per heavy atom. The van der Waals surface area contributed by atoms with Gasteiger partial charge in [0, 0.05) is 22.9 Å². The number of nitrogens with two attached hydrogens (primary N) is 1. The molecule has 1 aliphatic rings. The van der Waals surface area contributed by atoms with Crippen LogP contribution >= 0.6 is 11.6 Å². The number of halogens is 2. The molecule has 2 aromatic carbocycles. The first kappa shape index (κ1) is 13.9. The standard InChI is InChI=1S/C16H14ClFN2O/c17-10-6-7-13(18)12(9-10)16(21)20-8-2-3-11-14(19)4-1-5-15(11)20/h1,4-7,9H,2-3,8,19H2. The van der Waals surface area contributed by atoms with Gasteiger partial charge < -0.3 is 10.6 Å². The molecule has 0 saturated carbocycles. The van der Waals surface area contributed by atoms with E-state index in [0.29, 0.717) is 17.3 Å². The van der Waals surface area contributed by atoms with Crippen molar-refractivity contribution in [3.63, 3.8) is 0 Å². The predicted octanol–water partition coefficient (Wildman–Crippen LogP) is 3.65. The Morgan fingerprint density at radius 2 is 2.10 bits per heavy atom. The summed E-state index contributed by atoms with van der Waals surface area (Å²) in [5, 5.41) is 0.338. The van der Waals surface area contributed by atoms with E-state index in [9.17, 15) is 9.18 Å². The van der Waals surface area contributed by atoms with Crippen molar-refractivity contribution < 1.29 is 9.18 Å². The average molecular weight is 305 g/mol. The van der Waals surface area contributed by atoms with Gasteiger partial charge in [-0.1, -0.05) is 17.7 Å². The Kier molecular flexibility index (Phi) is 3.55. The molecule has 0 saturated heterocycles. The lowest BCUT2D eigenvalue weighted by Crippen LogP contribution is -2.36. The van der Waals surface area contributed by atoms with Gasteiger partial charge in [-0.3, -0.25) is 4.79 Å². The fraction of sp³-hybridized carbons (Fsp3) is 0.188. The first-order valence-corrected chi connectivity index (χ1v) is 7.10. The fourth-order valence-electron chi connectivity index (χ4n) is 2.67. The molecule has 0 unspecified atom stereocenters. The molecule has 2 N–H and O–H groups in total. The predicted molar refractivity (Wildman–Crippen MR) is 82.3 cm³/mol. The number of nitrogen functional groups attached to an aromatic ring is 1. The van der Waals surface area contributed by atoms with Gasteiger partial charge in [-0.2, -0.15) is 0 Å². The highest BCUT2D eigenvalue weighted by Gasteiger charge is 2.26. The van der Waals surface area contributed by atoms with Crippen LogP contribution in [0.1, 0.15) is 22.3 Å². The molecule has 1 heterocycles. The second-order valence-corrected chi connectivity index (χ2v) is 5.47. The van der Waals surface area contributed by atoms with Crippen molar-refractivity contribution in [2.45, 2.75) is 12.8 Å². The third-order valence-corrected chi connectivity index (χ3v) is 3.93. The molecule has 108 valence electrons. The molecule has 0 atom stereocenters. The van der Waals surface area contributed by atoms with Gasteiger partial charge in [-0.25, -0.2) is 4.39 Å². The minimum absolute atomic E-state index is 0.0159. The van der Waals surface area contributed by atoms with Crippen molar-refractivity contribution >= 4 is 28.9 Å². The van der Waals surface area contributed by atoms with Crippen LogP contribution in [-0.2, 0) is 6.42 Å². The molecule has 0 bridgehead atoms. The molecular formula is C16H14ClFN2O. The lowest BCUT2D eigenvalue weighted by atomic mass is 9.99. The number of hydrogen-bond acceptors (Lipinski definition) is 2. The summed E-state index contributed by atoms with van der Waals surface area (Å²) in [6, 6.07) is 9.45. The highest BCUT2D eigenvalue weighted by molar-refractivity contribution is 6.31. The lowest BCUT2D eigenvalue weighted by Gasteiger charge is -2.30. The summed E-state index contributed by atoms with van der Waals surface area (Å²) >= 11 is 5.87. The van der Waals surface area contributed by atoms with Crippen molar-refractivity contribution in [1.29, 1.82) is 0 Å². The Balaban J connectivity index is 2.04. The normalized spacial score (nSPS) is 13.9. The first-order valence-electron chi connectivity index (χ1n) is 6.72. The SMILES string of the molecule is Nc1cccc2c1CCCN2C(=O)c1cc(Cl)ccc1F. The number of benzene rings is 2. The van der Waals surface area contributed by atoms with Gasteiger partial charge in [0.2, 0.25) is 0 Å². The Hall–Kier alpha value is -2.07. The lowest BCUT2D eigenvalue weighted by molar-refractivity contribution is 0.0981. The molecule has 5 heteroatoms. The summed E-state index contributed by atoms with van der Waals surface area (Å²) in [5.41, 5.74) is 8.31. The monoisotopic (exact) mass is 304 g/mol. The zero-order valence-corrected chi connectivity index (χ0v) is 12.0. The van der Waals surface area contributed by atoms with E-state index in [-0.39, 0.29) is 11.5 Å². The zero-order chi connectivity index (χ0) is 15.0. The van der Waals surface area contributed by atoms with Crippen molar-refractivity contribution in [1.82, 2.24) is 0 Å². The number of nitrogens with zero attached hydrogens (tertiary/aromatic N) is 1. The molecular weight excluding hydrogens is 291 g/mol. The summed E-state index contributed by atoms with van der Waals surface area (Å²) < 4.78 is 13.9. The average Bonchev–Trinajstić information content (AvgIpc) is 2.49. The molecule has 21 heavy (non-hydrogen) atoms. The van der Waals surface area contributed by atoms with Gasteiger partial charge in [-0.05, 0) is 48.7 Å². The first-order chi connectivity index (χ1) is 10.1. The van der Waals surface area contributed by atoms with Crippen LogP contribution in [-0.4, -0.2) is 12.5 Å². The number of amides is 1. The fourth-order valence-corrected chi connectivity index (χ4v) is 2.84. The maximum atomic E-state index is 13.9. The van der Waals surface area contributed by atoms with E-state index in [1.54, 1.807) is 11.0 Å². The molecule has 3 rings (SSSR count). The molecule has 3 nitrogen and oxygen atoms in total. The molecule has 0 fully saturated rings. The summed E-state index contributed by atoms with van der Waals surface area (Å²) in [7, 11) is 0. The number of carbonyl (C=O) groups excluding carboxylic acids is 1. The van der Waals surface area contributed by atoms with Crippen LogP contribution < -0.4 is 10.6 Å². The third kappa shape index (κ3) is 2.47. The van der Waals surface area contributed by atoms with Gasteiger partial charge in [-0.15, -0.1) is 0 Å². The quantitative estimate of drug-likeness (QED) is 0.817. The minimum atomic E-state index is -0.569. The van der Waals surface area contributed by atoms with Crippen LogP contribution in [0.2, 0.25) is 5.02 Å². The highest BCUT2D eigenvalue weighted by Crippen LogP contribution is 2.32. The highest BCUT2D eigenvalue weighted by atomic mass is 35.5. The van der Waals surface area contributed by atoms with Crippen LogP contribution in [0, 0.1) is 5.82 Å². The zero-order valence-electron chi connectivity index (χ0n) is 11.3. The third-order valence-electron chi connectivity index (χ3n) is 3.69. The van der Waals surface area contributed by atoms with E-state index in [2.05, 4.69) is 0 Å². The van der Waals surface area contributed by atoms with Crippen molar-refractivity contribution in [3.8, 4) is 0 Å². The molecule has 0 radical (unpaired) electrons. The number of rotatable bonds is 1. The van der Waals surface area contributed by atoms with E-state index >= 15 is 0 Å². The number of anilines is 2. The second-order valence-electron chi connectivity index (χ2n) is 5.03.